The highest BCUT2D eigenvalue weighted by Crippen LogP contribution is 2.16. The first-order valence-electron chi connectivity index (χ1n) is 13.8. The third kappa shape index (κ3) is 9.31. The lowest BCUT2D eigenvalue weighted by molar-refractivity contribution is -0.385. The Bertz CT molecular complexity index is 1550. The van der Waals surface area contributed by atoms with Crippen LogP contribution in [-0.2, 0) is 22.7 Å². The zero-order chi connectivity index (χ0) is 31.3. The largest absolute Gasteiger partial charge is 0.333 e. The lowest BCUT2D eigenvalue weighted by atomic mass is 10.1. The first-order valence-corrected chi connectivity index (χ1v) is 13.8. The second-order valence-electron chi connectivity index (χ2n) is 9.86. The Kier molecular flexibility index (Phi) is 10.8. The molecule has 0 saturated carbocycles. The highest BCUT2D eigenvalue weighted by atomic mass is 16.6. The number of hydrogen-bond donors (Lipinski definition) is 0. The molecule has 0 radical (unpaired) electrons. The van der Waals surface area contributed by atoms with Crippen molar-refractivity contribution in [3.63, 3.8) is 0 Å². The second-order valence-corrected chi connectivity index (χ2v) is 9.86. The molecule has 0 fully saturated rings. The quantitative estimate of drug-likeness (QED) is 0.102. The molecule has 0 aliphatic heterocycles. The Hall–Kier alpha value is -5.90. The van der Waals surface area contributed by atoms with Crippen LogP contribution in [0.4, 0.5) is 11.4 Å². The zero-order valence-electron chi connectivity index (χ0n) is 23.8. The number of nitro benzene ring substituents is 2. The van der Waals surface area contributed by atoms with Crippen LogP contribution >= 0.6 is 0 Å². The number of rotatable bonds is 13. The summed E-state index contributed by atoms with van der Waals surface area (Å²) < 4.78 is 0. The van der Waals surface area contributed by atoms with Gasteiger partial charge in [0.15, 0.2) is 0 Å². The average molecular weight is 591 g/mol. The van der Waals surface area contributed by atoms with E-state index in [4.69, 9.17) is 0 Å². The van der Waals surface area contributed by atoms with E-state index in [0.717, 1.165) is 11.1 Å². The molecule has 222 valence electrons. The number of nitro groups is 2. The number of benzene rings is 4. The molecule has 0 N–H and O–H groups in total. The molecule has 44 heavy (non-hydrogen) atoms. The van der Waals surface area contributed by atoms with E-state index < -0.39 is 9.85 Å². The molecule has 0 bridgehead atoms. The highest BCUT2D eigenvalue weighted by molar-refractivity contribution is 5.93. The van der Waals surface area contributed by atoms with Gasteiger partial charge in [0.1, 0.15) is 0 Å². The standard InChI is InChI=1S/C34H30N4O6/c39-33(19-17-27-13-7-15-31(23-27)37(41)42)35(25-29-9-3-1-4-10-29)21-22-36(26-30-11-5-2-6-12-30)34(40)20-18-28-14-8-16-32(24-28)38(43)44/h1-20,23-24H,21-22,25-26H2/b19-17+,20-18+. The predicted octanol–water partition coefficient (Wildman–Crippen LogP) is 6.29. The minimum atomic E-state index is -0.493. The molecule has 0 aliphatic carbocycles. The first kappa shape index (κ1) is 31.0. The Morgan fingerprint density at radius 1 is 0.568 bits per heavy atom. The molecule has 0 atom stereocenters. The van der Waals surface area contributed by atoms with E-state index in [-0.39, 0.29) is 49.4 Å². The van der Waals surface area contributed by atoms with Crippen molar-refractivity contribution < 1.29 is 19.4 Å². The summed E-state index contributed by atoms with van der Waals surface area (Å²) in [5, 5.41) is 22.3. The van der Waals surface area contributed by atoms with Crippen LogP contribution in [0.25, 0.3) is 12.2 Å². The number of hydrogen-bond acceptors (Lipinski definition) is 6. The van der Waals surface area contributed by atoms with Gasteiger partial charge >= 0.3 is 0 Å². The summed E-state index contributed by atoms with van der Waals surface area (Å²) in [6, 6.07) is 30.9. The third-order valence-corrected chi connectivity index (χ3v) is 6.69. The van der Waals surface area contributed by atoms with E-state index in [1.54, 1.807) is 34.1 Å². The molecule has 0 unspecified atom stereocenters. The summed E-state index contributed by atoms with van der Waals surface area (Å²) in [7, 11) is 0. The lowest BCUT2D eigenvalue weighted by Gasteiger charge is -2.27. The molecular weight excluding hydrogens is 560 g/mol. The molecule has 4 rings (SSSR count). The fraction of sp³-hybridized carbons (Fsp3) is 0.118. The van der Waals surface area contributed by atoms with E-state index in [2.05, 4.69) is 0 Å². The molecule has 0 spiro atoms. The molecule has 0 saturated heterocycles. The van der Waals surface area contributed by atoms with Crippen molar-refractivity contribution in [2.75, 3.05) is 13.1 Å². The average Bonchev–Trinajstić information content (AvgIpc) is 3.05. The van der Waals surface area contributed by atoms with E-state index in [1.807, 2.05) is 60.7 Å². The number of carbonyl (C=O) groups excluding carboxylic acids is 2. The van der Waals surface area contributed by atoms with Crippen molar-refractivity contribution in [3.05, 3.63) is 164 Å². The fourth-order valence-electron chi connectivity index (χ4n) is 4.41. The van der Waals surface area contributed by atoms with Crippen molar-refractivity contribution in [2.45, 2.75) is 13.1 Å². The highest BCUT2D eigenvalue weighted by Gasteiger charge is 2.17. The SMILES string of the molecule is O=C(/C=C/c1cccc([N+](=O)[O-])c1)N(CCN(Cc1ccccc1)C(=O)/C=C/c1cccc([N+](=O)[O-])c1)Cc1ccccc1. The maximum absolute atomic E-state index is 13.4. The van der Waals surface area contributed by atoms with Crippen molar-refractivity contribution >= 4 is 35.3 Å². The van der Waals surface area contributed by atoms with Gasteiger partial charge < -0.3 is 9.80 Å². The predicted molar refractivity (Wildman–Crippen MR) is 168 cm³/mol. The van der Waals surface area contributed by atoms with Gasteiger partial charge in [-0.1, -0.05) is 84.9 Å². The minimum absolute atomic E-state index is 0.0750. The summed E-state index contributed by atoms with van der Waals surface area (Å²) in [5.74, 6) is -0.640. The van der Waals surface area contributed by atoms with Crippen LogP contribution in [0.2, 0.25) is 0 Å². The number of amides is 2. The normalized spacial score (nSPS) is 11.0. The molecule has 10 nitrogen and oxygen atoms in total. The Labute approximate surface area is 254 Å². The van der Waals surface area contributed by atoms with Crippen LogP contribution in [0, 0.1) is 20.2 Å². The summed E-state index contributed by atoms with van der Waals surface area (Å²) in [6.07, 6.45) is 5.80. The number of carbonyl (C=O) groups is 2. The van der Waals surface area contributed by atoms with Crippen LogP contribution < -0.4 is 0 Å². The maximum atomic E-state index is 13.4. The molecule has 2 amide bonds. The van der Waals surface area contributed by atoms with Gasteiger partial charge in [-0.05, 0) is 34.4 Å². The monoisotopic (exact) mass is 590 g/mol. The Balaban J connectivity index is 1.55. The van der Waals surface area contributed by atoms with Crippen LogP contribution in [0.1, 0.15) is 22.3 Å². The van der Waals surface area contributed by atoms with Gasteiger partial charge in [0.25, 0.3) is 11.4 Å². The molecule has 0 aliphatic rings. The van der Waals surface area contributed by atoms with Crippen molar-refractivity contribution in [3.8, 4) is 0 Å². The fourth-order valence-corrected chi connectivity index (χ4v) is 4.41. The topological polar surface area (TPSA) is 127 Å². The van der Waals surface area contributed by atoms with Gasteiger partial charge in [0.2, 0.25) is 11.8 Å². The van der Waals surface area contributed by atoms with E-state index in [9.17, 15) is 29.8 Å². The first-order chi connectivity index (χ1) is 21.3. The van der Waals surface area contributed by atoms with Gasteiger partial charge in [0, 0.05) is 62.6 Å². The molecule has 0 aromatic heterocycles. The van der Waals surface area contributed by atoms with Crippen LogP contribution in [-0.4, -0.2) is 44.6 Å². The number of non-ortho nitro benzene ring substituents is 2. The molecule has 10 heteroatoms. The van der Waals surface area contributed by atoms with Gasteiger partial charge in [-0.2, -0.15) is 0 Å². The molecule has 0 heterocycles. The Morgan fingerprint density at radius 2 is 0.955 bits per heavy atom. The summed E-state index contributed by atoms with van der Waals surface area (Å²) in [5.41, 5.74) is 2.67. The second kappa shape index (κ2) is 15.4. The van der Waals surface area contributed by atoms with Crippen molar-refractivity contribution in [2.24, 2.45) is 0 Å². The van der Waals surface area contributed by atoms with Crippen LogP contribution in [0.15, 0.2) is 121 Å². The van der Waals surface area contributed by atoms with Crippen LogP contribution in [0.5, 0.6) is 0 Å². The summed E-state index contributed by atoms with van der Waals surface area (Å²) in [4.78, 5) is 51.4. The van der Waals surface area contributed by atoms with E-state index in [0.29, 0.717) is 11.1 Å². The van der Waals surface area contributed by atoms with Crippen molar-refractivity contribution in [1.29, 1.82) is 0 Å². The van der Waals surface area contributed by atoms with E-state index in [1.165, 1.54) is 48.6 Å². The van der Waals surface area contributed by atoms with Gasteiger partial charge in [-0.25, -0.2) is 0 Å². The third-order valence-electron chi connectivity index (χ3n) is 6.69. The number of nitrogens with zero attached hydrogens (tertiary/aromatic N) is 4. The maximum Gasteiger partial charge on any atom is 0.270 e. The van der Waals surface area contributed by atoms with Gasteiger partial charge in [0.05, 0.1) is 9.85 Å². The minimum Gasteiger partial charge on any atom is -0.333 e. The molecule has 4 aromatic rings. The summed E-state index contributed by atoms with van der Waals surface area (Å²) >= 11 is 0. The Morgan fingerprint density at radius 3 is 1.32 bits per heavy atom. The van der Waals surface area contributed by atoms with Gasteiger partial charge in [-0.15, -0.1) is 0 Å². The van der Waals surface area contributed by atoms with Crippen LogP contribution in [0.3, 0.4) is 0 Å². The van der Waals surface area contributed by atoms with Gasteiger partial charge in [-0.3, -0.25) is 29.8 Å². The lowest BCUT2D eigenvalue weighted by Crippen LogP contribution is -2.39. The summed E-state index contributed by atoms with van der Waals surface area (Å²) in [6.45, 7) is 0.984. The van der Waals surface area contributed by atoms with Crippen molar-refractivity contribution in [1.82, 2.24) is 9.80 Å². The zero-order valence-corrected chi connectivity index (χ0v) is 23.8. The molecular formula is C34H30N4O6. The molecule has 4 aromatic carbocycles. The smallest absolute Gasteiger partial charge is 0.270 e. The van der Waals surface area contributed by atoms with E-state index >= 15 is 0 Å².